The third-order valence-corrected chi connectivity index (χ3v) is 22.4. The Kier molecular flexibility index (Phi) is 63.4. The Bertz CT molecular complexity index is 2070. The van der Waals surface area contributed by atoms with Crippen LogP contribution in [0.1, 0.15) is 386 Å². The third kappa shape index (κ3) is 47.5. The number of aliphatic hydroxyl groups excluding tert-OH is 11. The normalized spacial score (nSPS) is 25.6. The minimum atomic E-state index is -1.98. The molecule has 0 aliphatic carbocycles. The zero-order chi connectivity index (χ0) is 77.4. The van der Waals surface area contributed by atoms with Crippen molar-refractivity contribution in [2.75, 3.05) is 26.4 Å². The summed E-state index contributed by atoms with van der Waals surface area (Å²) in [7, 11) is 0. The van der Waals surface area contributed by atoms with Crippen molar-refractivity contribution < 1.29 is 89.4 Å². The van der Waals surface area contributed by atoms with Crippen LogP contribution in [0.2, 0.25) is 0 Å². The van der Waals surface area contributed by atoms with Crippen molar-refractivity contribution >= 4 is 5.91 Å². The minimum Gasteiger partial charge on any atom is -0.394 e. The third-order valence-electron chi connectivity index (χ3n) is 22.4. The fraction of sp³-hybridized carbons (Fsp3) is 0.920. The van der Waals surface area contributed by atoms with Gasteiger partial charge >= 0.3 is 0 Å². The quantitative estimate of drug-likeness (QED) is 0.0199. The van der Waals surface area contributed by atoms with Crippen LogP contribution in [0.25, 0.3) is 0 Å². The van der Waals surface area contributed by atoms with Crippen molar-refractivity contribution in [2.45, 2.75) is 491 Å². The molecule has 19 nitrogen and oxygen atoms in total. The highest BCUT2D eigenvalue weighted by atomic mass is 16.8. The Morgan fingerprint density at radius 3 is 0.953 bits per heavy atom. The highest BCUT2D eigenvalue weighted by molar-refractivity contribution is 5.76. The van der Waals surface area contributed by atoms with Crippen LogP contribution in [-0.2, 0) is 33.2 Å². The first kappa shape index (κ1) is 99.2. The number of nitrogens with one attached hydrogen (secondary N) is 1. The van der Waals surface area contributed by atoms with E-state index in [0.29, 0.717) is 6.42 Å². The molecule has 3 fully saturated rings. The second-order valence-electron chi connectivity index (χ2n) is 32.1. The van der Waals surface area contributed by atoms with E-state index in [-0.39, 0.29) is 18.9 Å². The first-order valence-corrected chi connectivity index (χ1v) is 44.7. The Labute approximate surface area is 651 Å². The van der Waals surface area contributed by atoms with Crippen LogP contribution in [-0.4, -0.2) is 193 Å². The van der Waals surface area contributed by atoms with E-state index in [1.807, 2.05) is 6.08 Å². The van der Waals surface area contributed by atoms with Crippen molar-refractivity contribution in [3.8, 4) is 0 Å². The topological polar surface area (TPSA) is 307 Å². The number of ether oxygens (including phenoxy) is 6. The lowest BCUT2D eigenvalue weighted by Crippen LogP contribution is -2.66. The van der Waals surface area contributed by atoms with E-state index in [0.717, 1.165) is 51.4 Å². The molecule has 3 saturated heterocycles. The maximum atomic E-state index is 13.5. The number of hydrogen-bond acceptors (Lipinski definition) is 18. The van der Waals surface area contributed by atoms with Gasteiger partial charge in [-0.3, -0.25) is 4.79 Å². The average molecular weight is 1530 g/mol. The van der Waals surface area contributed by atoms with E-state index in [1.165, 1.54) is 308 Å². The maximum Gasteiger partial charge on any atom is 0.220 e. The number of aliphatic hydroxyl groups is 11. The molecule has 1 amide bonds. The first-order valence-electron chi connectivity index (χ1n) is 44.7. The van der Waals surface area contributed by atoms with E-state index in [4.69, 9.17) is 28.4 Å². The molecule has 0 aromatic rings. The van der Waals surface area contributed by atoms with Gasteiger partial charge in [-0.2, -0.15) is 0 Å². The van der Waals surface area contributed by atoms with Crippen molar-refractivity contribution in [2.24, 2.45) is 0 Å². The standard InChI is InChI=1S/C88H165NO18/c1-3-5-7-9-11-13-15-17-19-21-23-25-27-29-31-33-34-35-36-38-40-42-44-46-48-50-52-54-56-58-60-62-64-66-76(94)89-71(72(93)65-63-61-59-57-55-53-51-49-47-45-43-41-39-37-32-30-28-26-24-22-20-18-16-14-12-10-8-6-4-2)70-102-86-82(100)79(97)84(74(68-91)104-86)107-88-83(101)80(98)85(75(69-92)105-88)106-87-81(99)78(96)77(95)73(67-90)103-87/h15,17,21,23,63,65,71-75,77-88,90-93,95-101H,3-14,16,18-20,22,24-62,64,66-70H2,1-2H3,(H,89,94)/b17-15-,23-21-,65-63+. The fourth-order valence-corrected chi connectivity index (χ4v) is 15.3. The zero-order valence-electron chi connectivity index (χ0n) is 67.9. The molecule has 0 aromatic carbocycles. The van der Waals surface area contributed by atoms with Gasteiger partial charge in [0, 0.05) is 6.42 Å². The van der Waals surface area contributed by atoms with Gasteiger partial charge in [-0.25, -0.2) is 0 Å². The molecule has 3 aliphatic rings. The van der Waals surface area contributed by atoms with E-state index in [9.17, 15) is 61.0 Å². The van der Waals surface area contributed by atoms with E-state index < -0.39 is 124 Å². The SMILES string of the molecule is CCCCCCC/C=C\C/C=C\CCCCCCCCCCCCCCCCCCCCCCCC(=O)NC(COC1OC(CO)C(OC2OC(CO)C(OC3OC(CO)C(O)C(O)C3O)C(O)C2O)C(O)C1O)C(O)/C=C/CCCCCCCCCCCCCCCCCCCCCCCCCCCCC. The molecule has 0 spiro atoms. The number of amides is 1. The highest BCUT2D eigenvalue weighted by Crippen LogP contribution is 2.34. The lowest BCUT2D eigenvalue weighted by atomic mass is 9.96. The molecule has 17 unspecified atom stereocenters. The predicted octanol–water partition coefficient (Wildman–Crippen LogP) is 16.6. The van der Waals surface area contributed by atoms with Crippen LogP contribution in [0, 0.1) is 0 Å². The van der Waals surface area contributed by atoms with Crippen LogP contribution >= 0.6 is 0 Å². The zero-order valence-corrected chi connectivity index (χ0v) is 67.9. The number of allylic oxidation sites excluding steroid dienone is 5. The summed E-state index contributed by atoms with van der Waals surface area (Å²) in [5.74, 6) is -0.267. The molecular weight excluding hydrogens is 1360 g/mol. The smallest absolute Gasteiger partial charge is 0.220 e. The second kappa shape index (κ2) is 68.4. The summed E-state index contributed by atoms with van der Waals surface area (Å²) < 4.78 is 34.5. The molecule has 0 saturated carbocycles. The molecule has 12 N–H and O–H groups in total. The van der Waals surface area contributed by atoms with Gasteiger partial charge < -0.3 is 89.9 Å². The van der Waals surface area contributed by atoms with Crippen LogP contribution in [0.4, 0.5) is 0 Å². The van der Waals surface area contributed by atoms with Crippen LogP contribution in [0.3, 0.4) is 0 Å². The number of hydrogen-bond donors (Lipinski definition) is 12. The van der Waals surface area contributed by atoms with Gasteiger partial charge in [0.25, 0.3) is 0 Å². The van der Waals surface area contributed by atoms with Crippen molar-refractivity contribution in [1.29, 1.82) is 0 Å². The average Bonchev–Trinajstić information content (AvgIpc) is 0.782. The summed E-state index contributed by atoms with van der Waals surface area (Å²) in [4.78, 5) is 13.5. The second-order valence-corrected chi connectivity index (χ2v) is 32.1. The number of carbonyl (C=O) groups is 1. The molecule has 0 bridgehead atoms. The lowest BCUT2D eigenvalue weighted by Gasteiger charge is -2.48. The van der Waals surface area contributed by atoms with Gasteiger partial charge in [0.1, 0.15) is 73.2 Å². The number of unbranched alkanes of at least 4 members (excludes halogenated alkanes) is 53. The number of carbonyl (C=O) groups excluding carboxylic acids is 1. The Morgan fingerprint density at radius 1 is 0.336 bits per heavy atom. The van der Waals surface area contributed by atoms with Gasteiger partial charge in [0.15, 0.2) is 18.9 Å². The van der Waals surface area contributed by atoms with Gasteiger partial charge in [-0.05, 0) is 51.4 Å². The Balaban J connectivity index is 1.33. The van der Waals surface area contributed by atoms with Gasteiger partial charge in [0.2, 0.25) is 5.91 Å². The van der Waals surface area contributed by atoms with Gasteiger partial charge in [-0.15, -0.1) is 0 Å². The highest BCUT2D eigenvalue weighted by Gasteiger charge is 2.54. The largest absolute Gasteiger partial charge is 0.394 e. The monoisotopic (exact) mass is 1520 g/mol. The van der Waals surface area contributed by atoms with Gasteiger partial charge in [0.05, 0.1) is 38.6 Å². The predicted molar refractivity (Wildman–Crippen MR) is 429 cm³/mol. The van der Waals surface area contributed by atoms with Gasteiger partial charge in [-0.1, -0.05) is 365 Å². The van der Waals surface area contributed by atoms with E-state index in [1.54, 1.807) is 6.08 Å². The minimum absolute atomic E-state index is 0.248. The lowest BCUT2D eigenvalue weighted by molar-refractivity contribution is -0.379. The summed E-state index contributed by atoms with van der Waals surface area (Å²) in [6.07, 6.45) is 60.1. The number of rotatable bonds is 73. The molecule has 0 radical (unpaired) electrons. The Hall–Kier alpha value is -1.99. The maximum absolute atomic E-state index is 13.5. The summed E-state index contributed by atoms with van der Waals surface area (Å²) in [6, 6.07) is -0.974. The molecule has 3 rings (SSSR count). The summed E-state index contributed by atoms with van der Waals surface area (Å²) >= 11 is 0. The molecule has 630 valence electrons. The van der Waals surface area contributed by atoms with Crippen LogP contribution in [0.15, 0.2) is 36.5 Å². The molecule has 3 aliphatic heterocycles. The van der Waals surface area contributed by atoms with Crippen molar-refractivity contribution in [1.82, 2.24) is 5.32 Å². The van der Waals surface area contributed by atoms with Crippen molar-refractivity contribution in [3.05, 3.63) is 36.5 Å². The summed E-state index contributed by atoms with van der Waals surface area (Å²) in [6.45, 7) is 1.79. The molecular formula is C88H165NO18. The summed E-state index contributed by atoms with van der Waals surface area (Å²) in [5.41, 5.74) is 0. The molecule has 17 atom stereocenters. The van der Waals surface area contributed by atoms with Crippen LogP contribution in [0.5, 0.6) is 0 Å². The molecule has 107 heavy (non-hydrogen) atoms. The van der Waals surface area contributed by atoms with Crippen LogP contribution < -0.4 is 5.32 Å². The first-order chi connectivity index (χ1) is 52.3. The summed E-state index contributed by atoms with van der Waals surface area (Å²) in [5, 5.41) is 121. The molecule has 19 heteroatoms. The molecule has 0 aromatic heterocycles. The fourth-order valence-electron chi connectivity index (χ4n) is 15.3. The van der Waals surface area contributed by atoms with Crippen molar-refractivity contribution in [3.63, 3.8) is 0 Å². The van der Waals surface area contributed by atoms with E-state index in [2.05, 4.69) is 43.5 Å². The molecule has 3 heterocycles. The Morgan fingerprint density at radius 2 is 0.617 bits per heavy atom. The van der Waals surface area contributed by atoms with E-state index >= 15 is 0 Å².